The van der Waals surface area contributed by atoms with E-state index in [1.807, 2.05) is 6.07 Å². The molecule has 1 fully saturated rings. The zero-order valence-electron chi connectivity index (χ0n) is 7.70. The molecule has 0 bridgehead atoms. The van der Waals surface area contributed by atoms with E-state index in [0.29, 0.717) is 0 Å². The topological polar surface area (TPSA) is 21.3 Å². The Balaban J connectivity index is 2.06. The largest absolute Gasteiger partial charge is 0.372 e. The highest BCUT2D eigenvalue weighted by Gasteiger charge is 2.13. The minimum Gasteiger partial charge on any atom is -0.372 e. The van der Waals surface area contributed by atoms with Crippen molar-refractivity contribution in [2.45, 2.75) is 12.5 Å². The molecule has 2 rings (SSSR count). The molecule has 0 aromatic heterocycles. The van der Waals surface area contributed by atoms with Crippen molar-refractivity contribution in [2.75, 3.05) is 19.7 Å². The molecule has 1 aromatic rings. The number of nitrogens with one attached hydrogen (secondary N) is 1. The minimum absolute atomic E-state index is 0.240. The monoisotopic (exact) mass is 177 g/mol. The van der Waals surface area contributed by atoms with Crippen LogP contribution in [0.4, 0.5) is 0 Å². The van der Waals surface area contributed by atoms with Crippen molar-refractivity contribution in [3.8, 4) is 0 Å². The average molecular weight is 177 g/mol. The van der Waals surface area contributed by atoms with Crippen LogP contribution in [0.25, 0.3) is 0 Å². The summed E-state index contributed by atoms with van der Waals surface area (Å²) in [6.45, 7) is 2.87. The first-order valence-electron chi connectivity index (χ1n) is 4.84. The smallest absolute Gasteiger partial charge is 0.0949 e. The molecule has 1 N–H and O–H groups in total. The van der Waals surface area contributed by atoms with Crippen LogP contribution in [0.1, 0.15) is 18.1 Å². The molecular weight excluding hydrogens is 162 g/mol. The fraction of sp³-hybridized carbons (Fsp3) is 0.455. The van der Waals surface area contributed by atoms with Crippen molar-refractivity contribution in [1.82, 2.24) is 5.32 Å². The summed E-state index contributed by atoms with van der Waals surface area (Å²) < 4.78 is 5.73. The van der Waals surface area contributed by atoms with Crippen molar-refractivity contribution < 1.29 is 4.74 Å². The summed E-state index contributed by atoms with van der Waals surface area (Å²) in [5, 5.41) is 3.37. The first-order chi connectivity index (χ1) is 6.47. The van der Waals surface area contributed by atoms with Crippen LogP contribution in [0.5, 0.6) is 0 Å². The van der Waals surface area contributed by atoms with Crippen LogP contribution in [0.15, 0.2) is 30.3 Å². The summed E-state index contributed by atoms with van der Waals surface area (Å²) in [7, 11) is 0. The number of hydrogen-bond acceptors (Lipinski definition) is 2. The van der Waals surface area contributed by atoms with Gasteiger partial charge in [0, 0.05) is 13.2 Å². The second-order valence-corrected chi connectivity index (χ2v) is 3.33. The van der Waals surface area contributed by atoms with Crippen LogP contribution in [-0.2, 0) is 4.74 Å². The predicted octanol–water partition coefficient (Wildman–Crippen LogP) is 1.74. The van der Waals surface area contributed by atoms with Gasteiger partial charge in [0.1, 0.15) is 0 Å². The van der Waals surface area contributed by atoms with Gasteiger partial charge in [-0.05, 0) is 18.5 Å². The first kappa shape index (κ1) is 8.73. The zero-order chi connectivity index (χ0) is 8.93. The van der Waals surface area contributed by atoms with Gasteiger partial charge in [0.2, 0.25) is 0 Å². The molecule has 2 nitrogen and oxygen atoms in total. The van der Waals surface area contributed by atoms with Gasteiger partial charge in [-0.3, -0.25) is 0 Å². The Bertz CT molecular complexity index is 240. The number of ether oxygens (including phenoxy) is 1. The van der Waals surface area contributed by atoms with Crippen LogP contribution < -0.4 is 5.32 Å². The van der Waals surface area contributed by atoms with E-state index in [2.05, 4.69) is 29.6 Å². The summed E-state index contributed by atoms with van der Waals surface area (Å²) in [6.07, 6.45) is 1.35. The lowest BCUT2D eigenvalue weighted by molar-refractivity contribution is 0.0669. The van der Waals surface area contributed by atoms with E-state index in [0.717, 1.165) is 26.1 Å². The van der Waals surface area contributed by atoms with Crippen molar-refractivity contribution in [1.29, 1.82) is 0 Å². The van der Waals surface area contributed by atoms with E-state index < -0.39 is 0 Å². The fourth-order valence-corrected chi connectivity index (χ4v) is 1.60. The summed E-state index contributed by atoms with van der Waals surface area (Å²) in [5.74, 6) is 0. The van der Waals surface area contributed by atoms with Gasteiger partial charge in [0.15, 0.2) is 0 Å². The quantitative estimate of drug-likeness (QED) is 0.705. The molecule has 0 aliphatic carbocycles. The van der Waals surface area contributed by atoms with Gasteiger partial charge in [0.25, 0.3) is 0 Å². The first-order valence-corrected chi connectivity index (χ1v) is 4.84. The Labute approximate surface area is 78.9 Å². The Morgan fingerprint density at radius 3 is 2.92 bits per heavy atom. The summed E-state index contributed by atoms with van der Waals surface area (Å²) in [6, 6.07) is 10.4. The molecule has 1 aromatic carbocycles. The van der Waals surface area contributed by atoms with E-state index in [4.69, 9.17) is 4.74 Å². The predicted molar refractivity (Wildman–Crippen MR) is 52.6 cm³/mol. The van der Waals surface area contributed by atoms with Crippen LogP contribution in [0, 0.1) is 0 Å². The van der Waals surface area contributed by atoms with Crippen molar-refractivity contribution >= 4 is 0 Å². The molecule has 1 atom stereocenters. The lowest BCUT2D eigenvalue weighted by Crippen LogP contribution is -2.19. The molecular formula is C11H15NO. The lowest BCUT2D eigenvalue weighted by atomic mass is 10.1. The Morgan fingerprint density at radius 1 is 1.23 bits per heavy atom. The van der Waals surface area contributed by atoms with E-state index in [1.54, 1.807) is 0 Å². The second-order valence-electron chi connectivity index (χ2n) is 3.33. The summed E-state index contributed by atoms with van der Waals surface area (Å²) in [4.78, 5) is 0. The molecule has 0 spiro atoms. The molecule has 1 aliphatic heterocycles. The normalized spacial score (nSPS) is 23.8. The van der Waals surface area contributed by atoms with Crippen LogP contribution >= 0.6 is 0 Å². The maximum Gasteiger partial charge on any atom is 0.0949 e. The van der Waals surface area contributed by atoms with Gasteiger partial charge in [-0.1, -0.05) is 30.3 Å². The van der Waals surface area contributed by atoms with E-state index in [9.17, 15) is 0 Å². The lowest BCUT2D eigenvalue weighted by Gasteiger charge is -2.14. The standard InChI is InChI=1S/C11H15NO/c1-2-5-10(6-3-1)11-9-12-7-4-8-13-11/h1-3,5-6,11-12H,4,7-9H2. The molecule has 1 saturated heterocycles. The highest BCUT2D eigenvalue weighted by atomic mass is 16.5. The molecule has 0 amide bonds. The Morgan fingerprint density at radius 2 is 2.08 bits per heavy atom. The summed E-state index contributed by atoms with van der Waals surface area (Å²) >= 11 is 0. The maximum atomic E-state index is 5.73. The fourth-order valence-electron chi connectivity index (χ4n) is 1.60. The Hall–Kier alpha value is -0.860. The average Bonchev–Trinajstić information content (AvgIpc) is 2.47. The van der Waals surface area contributed by atoms with Gasteiger partial charge >= 0.3 is 0 Å². The van der Waals surface area contributed by atoms with Gasteiger partial charge in [0.05, 0.1) is 6.10 Å². The molecule has 2 heteroatoms. The van der Waals surface area contributed by atoms with Crippen molar-refractivity contribution in [3.63, 3.8) is 0 Å². The second kappa shape index (κ2) is 4.40. The molecule has 13 heavy (non-hydrogen) atoms. The van der Waals surface area contributed by atoms with E-state index in [1.165, 1.54) is 5.56 Å². The molecule has 1 aliphatic rings. The molecule has 0 radical (unpaired) electrons. The highest BCUT2D eigenvalue weighted by Crippen LogP contribution is 2.17. The van der Waals surface area contributed by atoms with Gasteiger partial charge in [-0.15, -0.1) is 0 Å². The van der Waals surface area contributed by atoms with Crippen molar-refractivity contribution in [3.05, 3.63) is 35.9 Å². The van der Waals surface area contributed by atoms with E-state index >= 15 is 0 Å². The molecule has 0 saturated carbocycles. The molecule has 70 valence electrons. The van der Waals surface area contributed by atoms with Crippen LogP contribution in [-0.4, -0.2) is 19.7 Å². The third kappa shape index (κ3) is 2.29. The summed E-state index contributed by atoms with van der Waals surface area (Å²) in [5.41, 5.74) is 1.27. The third-order valence-corrected chi connectivity index (χ3v) is 2.32. The van der Waals surface area contributed by atoms with E-state index in [-0.39, 0.29) is 6.10 Å². The minimum atomic E-state index is 0.240. The van der Waals surface area contributed by atoms with Crippen LogP contribution in [0.3, 0.4) is 0 Å². The number of benzene rings is 1. The third-order valence-electron chi connectivity index (χ3n) is 2.32. The molecule has 1 unspecified atom stereocenters. The van der Waals surface area contributed by atoms with Crippen LogP contribution in [0.2, 0.25) is 0 Å². The van der Waals surface area contributed by atoms with Gasteiger partial charge in [-0.2, -0.15) is 0 Å². The van der Waals surface area contributed by atoms with Crippen molar-refractivity contribution in [2.24, 2.45) is 0 Å². The Kier molecular flexibility index (Phi) is 2.95. The van der Waals surface area contributed by atoms with Gasteiger partial charge in [-0.25, -0.2) is 0 Å². The maximum absolute atomic E-state index is 5.73. The SMILES string of the molecule is c1ccc(C2CNCCCO2)cc1. The number of rotatable bonds is 1. The van der Waals surface area contributed by atoms with Gasteiger partial charge < -0.3 is 10.1 Å². The molecule has 1 heterocycles. The number of hydrogen-bond donors (Lipinski definition) is 1. The highest BCUT2D eigenvalue weighted by molar-refractivity contribution is 5.18. The zero-order valence-corrected chi connectivity index (χ0v) is 7.70.